The van der Waals surface area contributed by atoms with Crippen LogP contribution in [0, 0.1) is 6.92 Å². The number of H-pyrrole nitrogens is 1. The van der Waals surface area contributed by atoms with Gasteiger partial charge in [-0.2, -0.15) is 0 Å². The molecular weight excluding hydrogens is 372 g/mol. The zero-order chi connectivity index (χ0) is 20.0. The van der Waals surface area contributed by atoms with E-state index in [9.17, 15) is 9.90 Å². The summed E-state index contributed by atoms with van der Waals surface area (Å²) >= 11 is 1.67. The molecule has 4 rings (SSSR count). The number of hydrogen-bond donors (Lipinski definition) is 3. The molecule has 1 atom stereocenters. The molecule has 0 saturated carbocycles. The first-order valence-corrected chi connectivity index (χ1v) is 10.6. The Morgan fingerprint density at radius 3 is 2.57 bits per heavy atom. The molecule has 6 nitrogen and oxygen atoms in total. The fourth-order valence-electron chi connectivity index (χ4n) is 4.05. The number of aryl methyl sites for hydroxylation is 2. The van der Waals surface area contributed by atoms with Gasteiger partial charge in [0.25, 0.3) is 5.56 Å². The summed E-state index contributed by atoms with van der Waals surface area (Å²) in [7, 11) is 1.79. The highest BCUT2D eigenvalue weighted by Crippen LogP contribution is 2.41. The number of rotatable bonds is 4. The number of aliphatic hydroxyl groups excluding tert-OH is 1. The fourth-order valence-corrected chi connectivity index (χ4v) is 5.38. The minimum atomic E-state index is -0.559. The molecule has 0 aromatic carbocycles. The van der Waals surface area contributed by atoms with Crippen molar-refractivity contribution < 1.29 is 5.11 Å². The number of aromatic amines is 1. The second-order valence-electron chi connectivity index (χ2n) is 7.95. The number of nitrogens with zero attached hydrogens (tertiary/aromatic N) is 2. The molecule has 1 aliphatic rings. The van der Waals surface area contributed by atoms with Crippen LogP contribution in [0.3, 0.4) is 0 Å². The topological polar surface area (TPSA) is 73.3 Å². The second-order valence-corrected chi connectivity index (χ2v) is 9.03. The zero-order valence-electron chi connectivity index (χ0n) is 16.9. The summed E-state index contributed by atoms with van der Waals surface area (Å²) in [5.74, 6) is 0.323. The highest BCUT2D eigenvalue weighted by molar-refractivity contribution is 7.19. The third-order valence-corrected chi connectivity index (χ3v) is 6.71. The van der Waals surface area contributed by atoms with Crippen LogP contribution < -0.4 is 10.9 Å². The third-order valence-electron chi connectivity index (χ3n) is 5.51. The van der Waals surface area contributed by atoms with Gasteiger partial charge < -0.3 is 20.0 Å². The molecule has 0 radical (unpaired) electrons. The summed E-state index contributed by atoms with van der Waals surface area (Å²) in [5, 5.41) is 14.2. The maximum absolute atomic E-state index is 12.1. The van der Waals surface area contributed by atoms with Crippen LogP contribution in [-0.4, -0.2) is 45.7 Å². The average Bonchev–Trinajstić information content (AvgIpc) is 3.23. The number of fused-ring (bicyclic) bond motifs is 1. The molecule has 0 bridgehead atoms. The largest absolute Gasteiger partial charge is 0.373 e. The van der Waals surface area contributed by atoms with Crippen LogP contribution in [0.5, 0.6) is 0 Å². The van der Waals surface area contributed by atoms with Crippen molar-refractivity contribution in [2.24, 2.45) is 7.05 Å². The summed E-state index contributed by atoms with van der Waals surface area (Å²) in [5.41, 5.74) is 5.16. The molecule has 3 aromatic rings. The summed E-state index contributed by atoms with van der Waals surface area (Å²) < 4.78 is 2.84. The lowest BCUT2D eigenvalue weighted by molar-refractivity contribution is -0.00274. The number of aromatic nitrogens is 2. The van der Waals surface area contributed by atoms with Gasteiger partial charge in [-0.1, -0.05) is 13.8 Å². The van der Waals surface area contributed by atoms with Crippen LogP contribution in [0.25, 0.3) is 21.5 Å². The molecule has 1 unspecified atom stereocenters. The highest BCUT2D eigenvalue weighted by atomic mass is 32.1. The van der Waals surface area contributed by atoms with Crippen LogP contribution in [0.15, 0.2) is 23.1 Å². The van der Waals surface area contributed by atoms with Crippen molar-refractivity contribution in [2.45, 2.75) is 32.9 Å². The van der Waals surface area contributed by atoms with E-state index in [0.29, 0.717) is 5.92 Å². The standard InChI is InChI=1S/C21H28N4O2S/c1-12(2)17-18(14-9-13(3)20(26)24(4)11-14)23-15-10-16(28-19(15)17)21(27)25-7-5-22-6-8-25/h9-12,21-23,27H,5-8H2,1-4H3. The second kappa shape index (κ2) is 7.48. The Bertz CT molecular complexity index is 1030. The van der Waals surface area contributed by atoms with Crippen molar-refractivity contribution >= 4 is 21.6 Å². The van der Waals surface area contributed by atoms with Crippen molar-refractivity contribution in [1.82, 2.24) is 19.8 Å². The molecule has 3 aromatic heterocycles. The number of thiophene rings is 1. The van der Waals surface area contributed by atoms with E-state index >= 15 is 0 Å². The first-order chi connectivity index (χ1) is 13.4. The summed E-state index contributed by atoms with van der Waals surface area (Å²) in [4.78, 5) is 18.7. The average molecular weight is 401 g/mol. The predicted octanol–water partition coefficient (Wildman–Crippen LogP) is 2.92. The van der Waals surface area contributed by atoms with Crippen LogP contribution in [0.2, 0.25) is 0 Å². The van der Waals surface area contributed by atoms with Gasteiger partial charge in [-0.05, 0) is 30.5 Å². The number of piperazine rings is 1. The lowest BCUT2D eigenvalue weighted by Crippen LogP contribution is -2.44. The minimum Gasteiger partial charge on any atom is -0.373 e. The number of hydrogen-bond acceptors (Lipinski definition) is 5. The van der Waals surface area contributed by atoms with E-state index in [1.165, 1.54) is 10.3 Å². The van der Waals surface area contributed by atoms with E-state index in [1.807, 2.05) is 19.2 Å². The minimum absolute atomic E-state index is 0.0321. The molecule has 28 heavy (non-hydrogen) atoms. The van der Waals surface area contributed by atoms with Gasteiger partial charge in [0.05, 0.1) is 20.8 Å². The number of nitrogens with one attached hydrogen (secondary N) is 2. The third kappa shape index (κ3) is 3.33. The van der Waals surface area contributed by atoms with Crippen molar-refractivity contribution in [3.63, 3.8) is 0 Å². The SMILES string of the molecule is Cc1cc(-c2[nH]c3cc(C(O)N4CCNCC4)sc3c2C(C)C)cn(C)c1=O. The van der Waals surface area contributed by atoms with Crippen LogP contribution in [-0.2, 0) is 7.05 Å². The van der Waals surface area contributed by atoms with Gasteiger partial charge in [0.1, 0.15) is 6.23 Å². The Morgan fingerprint density at radius 1 is 1.21 bits per heavy atom. The monoisotopic (exact) mass is 400 g/mol. The Hall–Kier alpha value is -1.93. The number of pyridine rings is 1. The Morgan fingerprint density at radius 2 is 1.93 bits per heavy atom. The molecule has 0 amide bonds. The molecule has 0 spiro atoms. The molecule has 7 heteroatoms. The molecule has 1 aliphatic heterocycles. The fraction of sp³-hybridized carbons (Fsp3) is 0.476. The molecule has 150 valence electrons. The van der Waals surface area contributed by atoms with E-state index in [4.69, 9.17) is 0 Å². The Balaban J connectivity index is 1.78. The van der Waals surface area contributed by atoms with E-state index in [2.05, 4.69) is 35.1 Å². The van der Waals surface area contributed by atoms with Crippen LogP contribution in [0.1, 0.15) is 42.0 Å². The predicted molar refractivity (Wildman–Crippen MR) is 115 cm³/mol. The maximum atomic E-state index is 12.1. The summed E-state index contributed by atoms with van der Waals surface area (Å²) in [6.45, 7) is 9.76. The van der Waals surface area contributed by atoms with Gasteiger partial charge in [0, 0.05) is 50.6 Å². The molecule has 3 N–H and O–H groups in total. The summed E-state index contributed by atoms with van der Waals surface area (Å²) in [6, 6.07) is 4.04. The van der Waals surface area contributed by atoms with Crippen molar-refractivity contribution in [3.8, 4) is 11.3 Å². The van der Waals surface area contributed by atoms with Crippen molar-refractivity contribution in [3.05, 3.63) is 44.7 Å². The first-order valence-electron chi connectivity index (χ1n) is 9.82. The van der Waals surface area contributed by atoms with Crippen LogP contribution >= 0.6 is 11.3 Å². The van der Waals surface area contributed by atoms with Crippen LogP contribution in [0.4, 0.5) is 0 Å². The number of aliphatic hydroxyl groups is 1. The van der Waals surface area contributed by atoms with Gasteiger partial charge in [-0.25, -0.2) is 0 Å². The quantitative estimate of drug-likeness (QED) is 0.630. The molecule has 4 heterocycles. The normalized spacial score (nSPS) is 16.9. The Kier molecular flexibility index (Phi) is 5.18. The van der Waals surface area contributed by atoms with Crippen molar-refractivity contribution in [1.29, 1.82) is 0 Å². The van der Waals surface area contributed by atoms with Gasteiger partial charge >= 0.3 is 0 Å². The molecular formula is C21H28N4O2S. The van der Waals surface area contributed by atoms with Gasteiger partial charge in [-0.3, -0.25) is 9.69 Å². The van der Waals surface area contributed by atoms with E-state index in [0.717, 1.165) is 53.4 Å². The molecule has 1 saturated heterocycles. The summed E-state index contributed by atoms with van der Waals surface area (Å²) in [6.07, 6.45) is 1.34. The van der Waals surface area contributed by atoms with Crippen molar-refractivity contribution in [2.75, 3.05) is 26.2 Å². The van der Waals surface area contributed by atoms with E-state index < -0.39 is 6.23 Å². The van der Waals surface area contributed by atoms with E-state index in [-0.39, 0.29) is 5.56 Å². The van der Waals surface area contributed by atoms with E-state index in [1.54, 1.807) is 23.0 Å². The smallest absolute Gasteiger partial charge is 0.253 e. The lowest BCUT2D eigenvalue weighted by atomic mass is 9.99. The molecule has 1 fully saturated rings. The zero-order valence-corrected chi connectivity index (χ0v) is 17.7. The molecule has 0 aliphatic carbocycles. The lowest BCUT2D eigenvalue weighted by Gasteiger charge is -2.30. The highest BCUT2D eigenvalue weighted by Gasteiger charge is 2.25. The maximum Gasteiger partial charge on any atom is 0.253 e. The van der Waals surface area contributed by atoms with Gasteiger partial charge in [0.2, 0.25) is 0 Å². The first kappa shape index (κ1) is 19.4. The Labute approximate surface area is 168 Å². The van der Waals surface area contributed by atoms with Gasteiger partial charge in [0.15, 0.2) is 0 Å². The van der Waals surface area contributed by atoms with Gasteiger partial charge in [-0.15, -0.1) is 11.3 Å².